The third-order valence-corrected chi connectivity index (χ3v) is 3.18. The number of para-hydroxylation sites is 3. The van der Waals surface area contributed by atoms with Crippen LogP contribution >= 0.6 is 0 Å². The number of carbonyl (C=O) groups excluding carboxylic acids is 1. The monoisotopic (exact) mass is 281 g/mol. The summed E-state index contributed by atoms with van der Waals surface area (Å²) < 4.78 is 0. The third kappa shape index (κ3) is 2.34. The molecule has 0 aliphatic rings. The molecule has 0 bridgehead atoms. The number of anilines is 1. The van der Waals surface area contributed by atoms with E-state index in [0.717, 1.165) is 5.39 Å². The second-order valence-corrected chi connectivity index (χ2v) is 4.48. The number of amides is 1. The van der Waals surface area contributed by atoms with E-state index in [9.17, 15) is 14.9 Å². The maximum Gasteiger partial charge on any atom is 0.292 e. The van der Waals surface area contributed by atoms with Gasteiger partial charge in [-0.2, -0.15) is 0 Å². The van der Waals surface area contributed by atoms with Crippen molar-refractivity contribution >= 4 is 28.2 Å². The summed E-state index contributed by atoms with van der Waals surface area (Å²) in [7, 11) is 0. The summed E-state index contributed by atoms with van der Waals surface area (Å²) in [4.78, 5) is 25.8. The van der Waals surface area contributed by atoms with Crippen LogP contribution in [0.25, 0.3) is 10.9 Å². The van der Waals surface area contributed by atoms with Gasteiger partial charge in [0.1, 0.15) is 5.69 Å². The van der Waals surface area contributed by atoms with Crippen molar-refractivity contribution in [2.24, 2.45) is 0 Å². The van der Waals surface area contributed by atoms with Crippen LogP contribution in [0.4, 0.5) is 11.4 Å². The van der Waals surface area contributed by atoms with Crippen molar-refractivity contribution < 1.29 is 9.72 Å². The lowest BCUT2D eigenvalue weighted by atomic mass is 10.1. The molecule has 1 heterocycles. The van der Waals surface area contributed by atoms with Gasteiger partial charge in [-0.3, -0.25) is 14.9 Å². The molecule has 6 heteroatoms. The van der Waals surface area contributed by atoms with Gasteiger partial charge in [0, 0.05) is 17.6 Å². The molecule has 0 unspecified atom stereocenters. The van der Waals surface area contributed by atoms with Gasteiger partial charge in [0.25, 0.3) is 11.6 Å². The van der Waals surface area contributed by atoms with Gasteiger partial charge in [-0.05, 0) is 18.2 Å². The molecular formula is C15H11N3O3. The molecule has 0 atom stereocenters. The molecule has 6 nitrogen and oxygen atoms in total. The second-order valence-electron chi connectivity index (χ2n) is 4.48. The van der Waals surface area contributed by atoms with Gasteiger partial charge in [-0.15, -0.1) is 0 Å². The van der Waals surface area contributed by atoms with E-state index in [1.807, 2.05) is 12.1 Å². The highest BCUT2D eigenvalue weighted by Gasteiger charge is 2.17. The van der Waals surface area contributed by atoms with Crippen LogP contribution in [0.15, 0.2) is 54.7 Å². The molecule has 0 spiro atoms. The molecule has 1 aromatic heterocycles. The highest BCUT2D eigenvalue weighted by Crippen LogP contribution is 2.25. The Morgan fingerprint density at radius 3 is 2.71 bits per heavy atom. The van der Waals surface area contributed by atoms with Crippen LogP contribution in [0, 0.1) is 10.1 Å². The van der Waals surface area contributed by atoms with Gasteiger partial charge in [-0.1, -0.05) is 24.3 Å². The van der Waals surface area contributed by atoms with E-state index in [4.69, 9.17) is 0 Å². The average Bonchev–Trinajstić information content (AvgIpc) is 2.95. The first-order valence-corrected chi connectivity index (χ1v) is 6.27. The summed E-state index contributed by atoms with van der Waals surface area (Å²) >= 11 is 0. The summed E-state index contributed by atoms with van der Waals surface area (Å²) in [6.07, 6.45) is 1.74. The first kappa shape index (κ1) is 12.9. The molecule has 0 aliphatic carbocycles. The van der Waals surface area contributed by atoms with Crippen LogP contribution in [0.3, 0.4) is 0 Å². The van der Waals surface area contributed by atoms with Crippen LogP contribution < -0.4 is 5.32 Å². The van der Waals surface area contributed by atoms with Crippen molar-refractivity contribution in [3.63, 3.8) is 0 Å². The number of nitro benzene ring substituents is 1. The van der Waals surface area contributed by atoms with Gasteiger partial charge < -0.3 is 10.3 Å². The fraction of sp³-hybridized carbons (Fsp3) is 0. The Hall–Kier alpha value is -3.15. The molecular weight excluding hydrogens is 270 g/mol. The fourth-order valence-electron chi connectivity index (χ4n) is 2.20. The normalized spacial score (nSPS) is 10.5. The summed E-state index contributed by atoms with van der Waals surface area (Å²) in [6, 6.07) is 13.2. The Labute approximate surface area is 119 Å². The number of nitrogens with zero attached hydrogens (tertiary/aromatic N) is 1. The SMILES string of the molecule is O=C(Nc1ccccc1[N+](=O)[O-])c1cccc2cc[nH]c12. The highest BCUT2D eigenvalue weighted by molar-refractivity contribution is 6.12. The first-order chi connectivity index (χ1) is 10.2. The summed E-state index contributed by atoms with van der Waals surface area (Å²) in [6.45, 7) is 0. The zero-order valence-corrected chi connectivity index (χ0v) is 10.9. The predicted octanol–water partition coefficient (Wildman–Crippen LogP) is 3.33. The van der Waals surface area contributed by atoms with Gasteiger partial charge >= 0.3 is 0 Å². The Kier molecular flexibility index (Phi) is 3.12. The lowest BCUT2D eigenvalue weighted by Crippen LogP contribution is -2.13. The van der Waals surface area contributed by atoms with Gasteiger partial charge in [-0.25, -0.2) is 0 Å². The number of nitrogens with one attached hydrogen (secondary N) is 2. The van der Waals surface area contributed by atoms with E-state index < -0.39 is 10.8 Å². The Morgan fingerprint density at radius 2 is 1.90 bits per heavy atom. The molecule has 2 aromatic carbocycles. The highest BCUT2D eigenvalue weighted by atomic mass is 16.6. The van der Waals surface area contributed by atoms with Crippen LogP contribution in [-0.2, 0) is 0 Å². The Bertz CT molecular complexity index is 839. The number of hydrogen-bond acceptors (Lipinski definition) is 3. The zero-order valence-electron chi connectivity index (χ0n) is 10.9. The van der Waals surface area contributed by atoms with Gasteiger partial charge in [0.05, 0.1) is 16.0 Å². The molecule has 0 radical (unpaired) electrons. The fourth-order valence-corrected chi connectivity index (χ4v) is 2.20. The number of H-pyrrole nitrogens is 1. The molecule has 1 amide bonds. The Balaban J connectivity index is 1.97. The van der Waals surface area contributed by atoms with E-state index >= 15 is 0 Å². The van der Waals surface area contributed by atoms with Crippen molar-refractivity contribution in [2.45, 2.75) is 0 Å². The van der Waals surface area contributed by atoms with Crippen LogP contribution in [0.1, 0.15) is 10.4 Å². The van der Waals surface area contributed by atoms with Crippen LogP contribution in [0.2, 0.25) is 0 Å². The van der Waals surface area contributed by atoms with Crippen molar-refractivity contribution in [2.75, 3.05) is 5.32 Å². The predicted molar refractivity (Wildman–Crippen MR) is 79.3 cm³/mol. The van der Waals surface area contributed by atoms with Crippen molar-refractivity contribution in [1.82, 2.24) is 4.98 Å². The molecule has 0 saturated heterocycles. The average molecular weight is 281 g/mol. The summed E-state index contributed by atoms with van der Waals surface area (Å²) in [5.41, 5.74) is 1.19. The molecule has 104 valence electrons. The van der Waals surface area contributed by atoms with E-state index in [0.29, 0.717) is 11.1 Å². The van der Waals surface area contributed by atoms with Crippen molar-refractivity contribution in [3.05, 3.63) is 70.4 Å². The van der Waals surface area contributed by atoms with Crippen LogP contribution in [0.5, 0.6) is 0 Å². The van der Waals surface area contributed by atoms with E-state index in [1.165, 1.54) is 12.1 Å². The molecule has 0 aliphatic heterocycles. The summed E-state index contributed by atoms with van der Waals surface area (Å²) in [5, 5.41) is 14.5. The number of fused-ring (bicyclic) bond motifs is 1. The zero-order chi connectivity index (χ0) is 14.8. The summed E-state index contributed by atoms with van der Waals surface area (Å²) in [5.74, 6) is -0.391. The second kappa shape index (κ2) is 5.09. The minimum absolute atomic E-state index is 0.135. The van der Waals surface area contributed by atoms with Gasteiger partial charge in [0.15, 0.2) is 0 Å². The molecule has 3 aromatic rings. The van der Waals surface area contributed by atoms with E-state index in [2.05, 4.69) is 10.3 Å². The molecule has 0 fully saturated rings. The number of benzene rings is 2. The third-order valence-electron chi connectivity index (χ3n) is 3.18. The number of aromatic amines is 1. The molecule has 3 rings (SSSR count). The molecule has 0 saturated carbocycles. The minimum atomic E-state index is -0.523. The lowest BCUT2D eigenvalue weighted by molar-refractivity contribution is -0.383. The lowest BCUT2D eigenvalue weighted by Gasteiger charge is -2.06. The number of rotatable bonds is 3. The maximum absolute atomic E-state index is 12.3. The van der Waals surface area contributed by atoms with E-state index in [1.54, 1.807) is 30.5 Å². The van der Waals surface area contributed by atoms with Crippen LogP contribution in [-0.4, -0.2) is 15.8 Å². The largest absolute Gasteiger partial charge is 0.361 e. The molecule has 21 heavy (non-hydrogen) atoms. The smallest absolute Gasteiger partial charge is 0.292 e. The van der Waals surface area contributed by atoms with Crippen molar-refractivity contribution in [3.8, 4) is 0 Å². The van der Waals surface area contributed by atoms with Crippen molar-refractivity contribution in [1.29, 1.82) is 0 Å². The standard InChI is InChI=1S/C15H11N3O3/c19-15(11-5-3-4-10-8-9-16-14(10)11)17-12-6-1-2-7-13(12)18(20)21/h1-9,16H,(H,17,19). The number of nitro groups is 1. The quantitative estimate of drug-likeness (QED) is 0.570. The minimum Gasteiger partial charge on any atom is -0.361 e. The maximum atomic E-state index is 12.3. The van der Waals surface area contributed by atoms with E-state index in [-0.39, 0.29) is 11.4 Å². The topological polar surface area (TPSA) is 88.0 Å². The number of aromatic nitrogens is 1. The molecule has 2 N–H and O–H groups in total. The first-order valence-electron chi connectivity index (χ1n) is 6.27. The number of hydrogen-bond donors (Lipinski definition) is 2. The van der Waals surface area contributed by atoms with Gasteiger partial charge in [0.2, 0.25) is 0 Å². The number of carbonyl (C=O) groups is 1. The Morgan fingerprint density at radius 1 is 1.10 bits per heavy atom.